The Morgan fingerprint density at radius 2 is 2.32 bits per heavy atom. The van der Waals surface area contributed by atoms with Gasteiger partial charge in [0.25, 0.3) is 5.91 Å². The van der Waals surface area contributed by atoms with Gasteiger partial charge in [0.15, 0.2) is 6.61 Å². The maximum atomic E-state index is 11.7. The average molecular weight is 263 g/mol. The maximum absolute atomic E-state index is 11.7. The standard InChI is InChI=1S/C13H17N3O3/c1-14-6-13(18)16(2)7-9-3-4-11-10(5-9)15-12(17)8-19-11/h3-5,14H,6-8H2,1-2H3,(H,15,17). The second-order valence-electron chi connectivity index (χ2n) is 4.45. The molecule has 1 aromatic carbocycles. The van der Waals surface area contributed by atoms with Crippen molar-refractivity contribution in [1.29, 1.82) is 0 Å². The molecule has 0 unspecified atom stereocenters. The van der Waals surface area contributed by atoms with Gasteiger partial charge in [0.2, 0.25) is 5.91 Å². The van der Waals surface area contributed by atoms with Crippen molar-refractivity contribution in [3.05, 3.63) is 23.8 Å². The Bertz CT molecular complexity index is 502. The van der Waals surface area contributed by atoms with Crippen molar-refractivity contribution < 1.29 is 14.3 Å². The molecule has 0 aliphatic carbocycles. The number of likely N-dealkylation sites (N-methyl/N-ethyl adjacent to an activating group) is 2. The quantitative estimate of drug-likeness (QED) is 0.814. The van der Waals surface area contributed by atoms with Crippen molar-refractivity contribution in [3.8, 4) is 5.75 Å². The summed E-state index contributed by atoms with van der Waals surface area (Å²) < 4.78 is 5.28. The van der Waals surface area contributed by atoms with E-state index in [-0.39, 0.29) is 18.4 Å². The topological polar surface area (TPSA) is 70.7 Å². The Kier molecular flexibility index (Phi) is 4.01. The SMILES string of the molecule is CNCC(=O)N(C)Cc1ccc2c(c1)NC(=O)CO2. The van der Waals surface area contributed by atoms with Crippen LogP contribution >= 0.6 is 0 Å². The molecule has 1 aliphatic heterocycles. The molecule has 0 radical (unpaired) electrons. The molecule has 2 rings (SSSR count). The van der Waals surface area contributed by atoms with Crippen LogP contribution in [0.3, 0.4) is 0 Å². The molecule has 6 nitrogen and oxygen atoms in total. The van der Waals surface area contributed by atoms with E-state index in [1.165, 1.54) is 0 Å². The fourth-order valence-corrected chi connectivity index (χ4v) is 1.88. The Morgan fingerprint density at radius 3 is 3.05 bits per heavy atom. The van der Waals surface area contributed by atoms with Crippen LogP contribution in [-0.4, -0.2) is 44.0 Å². The second kappa shape index (κ2) is 5.71. The molecule has 102 valence electrons. The van der Waals surface area contributed by atoms with E-state index < -0.39 is 0 Å². The largest absolute Gasteiger partial charge is 0.482 e. The summed E-state index contributed by atoms with van der Waals surface area (Å²) in [5, 5.41) is 5.57. The molecular weight excluding hydrogens is 246 g/mol. The molecule has 2 N–H and O–H groups in total. The predicted octanol–water partition coefficient (Wildman–Crippen LogP) is 0.195. The molecule has 1 aromatic rings. The van der Waals surface area contributed by atoms with Crippen LogP contribution in [0.5, 0.6) is 5.75 Å². The molecule has 0 spiro atoms. The van der Waals surface area contributed by atoms with E-state index in [9.17, 15) is 9.59 Å². The number of fused-ring (bicyclic) bond motifs is 1. The summed E-state index contributed by atoms with van der Waals surface area (Å²) in [6.45, 7) is 0.845. The van der Waals surface area contributed by atoms with Crippen molar-refractivity contribution in [2.24, 2.45) is 0 Å². The minimum atomic E-state index is -0.163. The number of nitrogens with zero attached hydrogens (tertiary/aromatic N) is 1. The first-order chi connectivity index (χ1) is 9.10. The van der Waals surface area contributed by atoms with Gasteiger partial charge < -0.3 is 20.3 Å². The number of hydrogen-bond donors (Lipinski definition) is 2. The molecule has 19 heavy (non-hydrogen) atoms. The molecule has 0 bridgehead atoms. The van der Waals surface area contributed by atoms with E-state index >= 15 is 0 Å². The van der Waals surface area contributed by atoms with Crippen molar-refractivity contribution in [3.63, 3.8) is 0 Å². The van der Waals surface area contributed by atoms with Gasteiger partial charge in [0.05, 0.1) is 12.2 Å². The molecular formula is C13H17N3O3. The monoisotopic (exact) mass is 263 g/mol. The van der Waals surface area contributed by atoms with Crippen LogP contribution in [0, 0.1) is 0 Å². The van der Waals surface area contributed by atoms with Crippen molar-refractivity contribution in [2.45, 2.75) is 6.54 Å². The summed E-state index contributed by atoms with van der Waals surface area (Å²) in [5.74, 6) is 0.511. The van der Waals surface area contributed by atoms with Crippen LogP contribution in [0.2, 0.25) is 0 Å². The first-order valence-electron chi connectivity index (χ1n) is 6.04. The Morgan fingerprint density at radius 1 is 1.53 bits per heavy atom. The minimum absolute atomic E-state index is 0.0144. The van der Waals surface area contributed by atoms with Gasteiger partial charge >= 0.3 is 0 Å². The highest BCUT2D eigenvalue weighted by molar-refractivity contribution is 5.95. The minimum Gasteiger partial charge on any atom is -0.482 e. The summed E-state index contributed by atoms with van der Waals surface area (Å²) in [4.78, 5) is 24.5. The van der Waals surface area contributed by atoms with Crippen LogP contribution in [0.4, 0.5) is 5.69 Å². The number of hydrogen-bond acceptors (Lipinski definition) is 4. The summed E-state index contributed by atoms with van der Waals surface area (Å²) >= 11 is 0. The number of rotatable bonds is 4. The zero-order valence-electron chi connectivity index (χ0n) is 11.0. The van der Waals surface area contributed by atoms with Gasteiger partial charge in [-0.15, -0.1) is 0 Å². The van der Waals surface area contributed by atoms with Gasteiger partial charge in [-0.1, -0.05) is 6.07 Å². The lowest BCUT2D eigenvalue weighted by atomic mass is 10.1. The molecule has 0 aromatic heterocycles. The van der Waals surface area contributed by atoms with Crippen LogP contribution in [0.15, 0.2) is 18.2 Å². The summed E-state index contributed by atoms with van der Waals surface area (Å²) in [6.07, 6.45) is 0. The summed E-state index contributed by atoms with van der Waals surface area (Å²) in [7, 11) is 3.48. The first kappa shape index (κ1) is 13.4. The normalized spacial score (nSPS) is 13.3. The fourth-order valence-electron chi connectivity index (χ4n) is 1.88. The third kappa shape index (κ3) is 3.23. The van der Waals surface area contributed by atoms with Crippen molar-refractivity contribution in [1.82, 2.24) is 10.2 Å². The van der Waals surface area contributed by atoms with Gasteiger partial charge in [0, 0.05) is 13.6 Å². The molecule has 1 aliphatic rings. The highest BCUT2D eigenvalue weighted by atomic mass is 16.5. The molecule has 1 heterocycles. The number of ether oxygens (including phenoxy) is 1. The van der Waals surface area contributed by atoms with E-state index in [2.05, 4.69) is 10.6 Å². The smallest absolute Gasteiger partial charge is 0.262 e. The van der Waals surface area contributed by atoms with Crippen LogP contribution in [0.25, 0.3) is 0 Å². The third-order valence-corrected chi connectivity index (χ3v) is 2.85. The van der Waals surface area contributed by atoms with Gasteiger partial charge in [-0.2, -0.15) is 0 Å². The number of anilines is 1. The lowest BCUT2D eigenvalue weighted by Gasteiger charge is -2.21. The Balaban J connectivity index is 2.07. The highest BCUT2D eigenvalue weighted by Crippen LogP contribution is 2.28. The molecule has 0 fully saturated rings. The Labute approximate surface area is 111 Å². The summed E-state index contributed by atoms with van der Waals surface area (Å²) in [6, 6.07) is 5.52. The number of nitrogens with one attached hydrogen (secondary N) is 2. The lowest BCUT2D eigenvalue weighted by Crippen LogP contribution is -2.33. The van der Waals surface area contributed by atoms with Gasteiger partial charge in [-0.25, -0.2) is 0 Å². The Hall–Kier alpha value is -2.08. The van der Waals surface area contributed by atoms with Crippen molar-refractivity contribution in [2.75, 3.05) is 32.6 Å². The van der Waals surface area contributed by atoms with E-state index in [1.54, 1.807) is 25.1 Å². The van der Waals surface area contributed by atoms with E-state index in [0.29, 0.717) is 24.5 Å². The zero-order chi connectivity index (χ0) is 13.8. The highest BCUT2D eigenvalue weighted by Gasteiger charge is 2.16. The molecule has 0 atom stereocenters. The molecule has 0 saturated heterocycles. The van der Waals surface area contributed by atoms with Crippen LogP contribution in [0.1, 0.15) is 5.56 Å². The first-order valence-corrected chi connectivity index (χ1v) is 6.04. The predicted molar refractivity (Wildman–Crippen MR) is 71.0 cm³/mol. The number of carbonyl (C=O) groups excluding carboxylic acids is 2. The van der Waals surface area contributed by atoms with E-state index in [4.69, 9.17) is 4.74 Å². The summed E-state index contributed by atoms with van der Waals surface area (Å²) in [5.41, 5.74) is 1.60. The van der Waals surface area contributed by atoms with Crippen LogP contribution in [-0.2, 0) is 16.1 Å². The average Bonchev–Trinajstić information content (AvgIpc) is 2.38. The second-order valence-corrected chi connectivity index (χ2v) is 4.45. The van der Waals surface area contributed by atoms with E-state index in [1.807, 2.05) is 12.1 Å². The lowest BCUT2D eigenvalue weighted by molar-refractivity contribution is -0.129. The van der Waals surface area contributed by atoms with Gasteiger partial charge in [-0.3, -0.25) is 9.59 Å². The van der Waals surface area contributed by atoms with Crippen LogP contribution < -0.4 is 15.4 Å². The van der Waals surface area contributed by atoms with Gasteiger partial charge in [-0.05, 0) is 24.7 Å². The number of amides is 2. The third-order valence-electron chi connectivity index (χ3n) is 2.85. The molecule has 0 saturated carbocycles. The number of benzene rings is 1. The van der Waals surface area contributed by atoms with Crippen molar-refractivity contribution >= 4 is 17.5 Å². The molecule has 2 amide bonds. The van der Waals surface area contributed by atoms with E-state index in [0.717, 1.165) is 5.56 Å². The molecule has 6 heteroatoms. The maximum Gasteiger partial charge on any atom is 0.262 e. The van der Waals surface area contributed by atoms with Gasteiger partial charge in [0.1, 0.15) is 5.75 Å². The zero-order valence-corrected chi connectivity index (χ0v) is 11.0. The fraction of sp³-hybridized carbons (Fsp3) is 0.385. The number of carbonyl (C=O) groups is 2.